The first kappa shape index (κ1) is 17.7. The lowest BCUT2D eigenvalue weighted by atomic mass is 10.2. The quantitative estimate of drug-likeness (QED) is 0.732. The van der Waals surface area contributed by atoms with E-state index in [-0.39, 0.29) is 23.8 Å². The van der Waals surface area contributed by atoms with E-state index >= 15 is 0 Å². The first-order valence-electron chi connectivity index (χ1n) is 7.84. The monoisotopic (exact) mass is 296 g/mol. The van der Waals surface area contributed by atoms with Crippen molar-refractivity contribution in [2.24, 2.45) is 0 Å². The number of nitrogens with zero attached hydrogens (tertiary/aromatic N) is 2. The molecule has 5 heteroatoms. The molecule has 1 aromatic heterocycles. The highest BCUT2D eigenvalue weighted by Crippen LogP contribution is 2.17. The van der Waals surface area contributed by atoms with Crippen LogP contribution >= 0.6 is 0 Å². The van der Waals surface area contributed by atoms with E-state index in [0.29, 0.717) is 6.54 Å². The van der Waals surface area contributed by atoms with E-state index < -0.39 is 0 Å². The molecule has 1 aromatic rings. The zero-order valence-corrected chi connectivity index (χ0v) is 13.4. The number of aliphatic hydroxyl groups excluding tert-OH is 1. The van der Waals surface area contributed by atoms with Crippen LogP contribution in [0, 0.1) is 0 Å². The topological polar surface area (TPSA) is 65.7 Å². The number of hydrogen-bond donors (Lipinski definition) is 2. The van der Waals surface area contributed by atoms with Crippen molar-refractivity contribution in [1.82, 2.24) is 9.47 Å². The van der Waals surface area contributed by atoms with Crippen LogP contribution in [0.25, 0.3) is 0 Å². The van der Waals surface area contributed by atoms with Gasteiger partial charge in [0.2, 0.25) is 5.43 Å². The maximum Gasteiger partial charge on any atom is 0.223 e. The molecule has 0 amide bonds. The van der Waals surface area contributed by atoms with Gasteiger partial charge in [-0.25, -0.2) is 0 Å². The third-order valence-electron chi connectivity index (χ3n) is 3.68. The Morgan fingerprint density at radius 1 is 1.24 bits per heavy atom. The largest absolute Gasteiger partial charge is 0.503 e. The van der Waals surface area contributed by atoms with Crippen molar-refractivity contribution in [3.8, 4) is 5.75 Å². The van der Waals surface area contributed by atoms with E-state index in [1.165, 1.54) is 12.3 Å². The summed E-state index contributed by atoms with van der Waals surface area (Å²) in [6.07, 6.45) is 4.31. The van der Waals surface area contributed by atoms with Gasteiger partial charge in [-0.2, -0.15) is 0 Å². The van der Waals surface area contributed by atoms with Gasteiger partial charge in [0.05, 0.1) is 18.8 Å². The molecule has 120 valence electrons. The lowest BCUT2D eigenvalue weighted by molar-refractivity contribution is 0.209. The lowest BCUT2D eigenvalue weighted by Gasteiger charge is -2.26. The van der Waals surface area contributed by atoms with Crippen LogP contribution in [-0.4, -0.2) is 39.4 Å². The Kier molecular flexibility index (Phi) is 7.47. The van der Waals surface area contributed by atoms with Crippen LogP contribution in [0.4, 0.5) is 0 Å². The summed E-state index contributed by atoms with van der Waals surface area (Å²) in [7, 11) is 0. The smallest absolute Gasteiger partial charge is 0.223 e. The summed E-state index contributed by atoms with van der Waals surface area (Å²) >= 11 is 0. The molecule has 0 aliphatic carbocycles. The highest BCUT2D eigenvalue weighted by Gasteiger charge is 2.15. The predicted octanol–water partition coefficient (Wildman–Crippen LogP) is 2.12. The average Bonchev–Trinajstić information content (AvgIpc) is 2.45. The molecule has 0 spiro atoms. The van der Waals surface area contributed by atoms with Crippen molar-refractivity contribution < 1.29 is 10.2 Å². The minimum Gasteiger partial charge on any atom is -0.503 e. The molecule has 2 N–H and O–H groups in total. The van der Waals surface area contributed by atoms with Gasteiger partial charge in [-0.1, -0.05) is 20.8 Å². The van der Waals surface area contributed by atoms with E-state index in [9.17, 15) is 15.0 Å². The van der Waals surface area contributed by atoms with Crippen LogP contribution < -0.4 is 5.43 Å². The van der Waals surface area contributed by atoms with Gasteiger partial charge in [0.15, 0.2) is 5.75 Å². The standard InChI is InChI=1S/C16H28N2O3/c1-4-7-17(8-5-2)10-14-9-15(20)16(21)11-18(14)13(6-3)12-19/h9,11,13,19,21H,4-8,10,12H2,1-3H3. The fraction of sp³-hybridized carbons (Fsp3) is 0.688. The second-order valence-electron chi connectivity index (χ2n) is 5.44. The molecule has 0 saturated heterocycles. The molecule has 0 fully saturated rings. The first-order chi connectivity index (χ1) is 10.1. The highest BCUT2D eigenvalue weighted by molar-refractivity contribution is 5.21. The van der Waals surface area contributed by atoms with Crippen molar-refractivity contribution in [3.05, 3.63) is 28.2 Å². The Hall–Kier alpha value is -1.33. The number of aromatic nitrogens is 1. The SMILES string of the molecule is CCCN(CCC)Cc1cc(=O)c(O)cn1C(CC)CO. The van der Waals surface area contributed by atoms with Gasteiger partial charge in [0, 0.05) is 18.3 Å². The fourth-order valence-corrected chi connectivity index (χ4v) is 2.59. The average molecular weight is 296 g/mol. The minimum absolute atomic E-state index is 0.00658. The van der Waals surface area contributed by atoms with E-state index in [4.69, 9.17) is 0 Å². The Balaban J connectivity index is 3.13. The highest BCUT2D eigenvalue weighted by atomic mass is 16.3. The molecule has 1 unspecified atom stereocenters. The van der Waals surface area contributed by atoms with Crippen molar-refractivity contribution in [2.45, 2.75) is 52.6 Å². The summed E-state index contributed by atoms with van der Waals surface area (Å²) in [5.74, 6) is -0.261. The maximum absolute atomic E-state index is 11.7. The van der Waals surface area contributed by atoms with E-state index in [1.807, 2.05) is 11.5 Å². The first-order valence-corrected chi connectivity index (χ1v) is 7.84. The summed E-state index contributed by atoms with van der Waals surface area (Å²) in [4.78, 5) is 14.0. The van der Waals surface area contributed by atoms with Crippen LogP contribution in [0.3, 0.4) is 0 Å². The lowest BCUT2D eigenvalue weighted by Crippen LogP contribution is -2.29. The van der Waals surface area contributed by atoms with Crippen molar-refractivity contribution >= 4 is 0 Å². The van der Waals surface area contributed by atoms with Crippen molar-refractivity contribution in [1.29, 1.82) is 0 Å². The van der Waals surface area contributed by atoms with Crippen LogP contribution in [0.1, 0.15) is 51.8 Å². The molecule has 0 aromatic carbocycles. The van der Waals surface area contributed by atoms with E-state index in [1.54, 1.807) is 0 Å². The molecule has 1 atom stereocenters. The third-order valence-corrected chi connectivity index (χ3v) is 3.68. The Morgan fingerprint density at radius 3 is 2.33 bits per heavy atom. The Morgan fingerprint density at radius 2 is 1.86 bits per heavy atom. The van der Waals surface area contributed by atoms with Crippen molar-refractivity contribution in [3.63, 3.8) is 0 Å². The second kappa shape index (κ2) is 8.85. The summed E-state index contributed by atoms with van der Waals surface area (Å²) in [5.41, 5.74) is 0.489. The maximum atomic E-state index is 11.7. The third kappa shape index (κ3) is 4.86. The zero-order valence-electron chi connectivity index (χ0n) is 13.4. The molecule has 0 radical (unpaired) electrons. The van der Waals surface area contributed by atoms with Gasteiger partial charge in [-0.15, -0.1) is 0 Å². The van der Waals surface area contributed by atoms with Gasteiger partial charge >= 0.3 is 0 Å². The molecule has 0 bridgehead atoms. The summed E-state index contributed by atoms with van der Waals surface area (Å²) in [6.45, 7) is 8.85. The number of hydrogen-bond acceptors (Lipinski definition) is 4. The Labute approximate surface area is 126 Å². The van der Waals surface area contributed by atoms with Crippen LogP contribution in [0.15, 0.2) is 17.1 Å². The van der Waals surface area contributed by atoms with Crippen LogP contribution in [0.2, 0.25) is 0 Å². The molecular weight excluding hydrogens is 268 g/mol. The number of aliphatic hydroxyl groups is 1. The second-order valence-corrected chi connectivity index (χ2v) is 5.44. The van der Waals surface area contributed by atoms with Gasteiger partial charge < -0.3 is 14.8 Å². The normalized spacial score (nSPS) is 12.8. The number of rotatable bonds is 9. The molecule has 0 saturated carbocycles. The Bertz CT molecular complexity index is 475. The molecular formula is C16H28N2O3. The predicted molar refractivity (Wildman–Crippen MR) is 84.6 cm³/mol. The van der Waals surface area contributed by atoms with E-state index in [0.717, 1.165) is 38.0 Å². The fourth-order valence-electron chi connectivity index (χ4n) is 2.59. The van der Waals surface area contributed by atoms with Crippen molar-refractivity contribution in [2.75, 3.05) is 19.7 Å². The van der Waals surface area contributed by atoms with Gasteiger partial charge in [-0.3, -0.25) is 9.69 Å². The van der Waals surface area contributed by atoms with Gasteiger partial charge in [0.1, 0.15) is 0 Å². The number of aromatic hydroxyl groups is 1. The van der Waals surface area contributed by atoms with Gasteiger partial charge in [0.25, 0.3) is 0 Å². The van der Waals surface area contributed by atoms with Crippen LogP contribution in [-0.2, 0) is 6.54 Å². The molecule has 0 aliphatic heterocycles. The molecule has 5 nitrogen and oxygen atoms in total. The minimum atomic E-state index is -0.359. The van der Waals surface area contributed by atoms with E-state index in [2.05, 4.69) is 18.7 Å². The molecule has 1 heterocycles. The molecule has 1 rings (SSSR count). The molecule has 21 heavy (non-hydrogen) atoms. The molecule has 0 aliphatic rings. The summed E-state index contributed by atoms with van der Waals surface area (Å²) in [6, 6.07) is 1.38. The zero-order chi connectivity index (χ0) is 15.8. The van der Waals surface area contributed by atoms with Crippen LogP contribution in [0.5, 0.6) is 5.75 Å². The summed E-state index contributed by atoms with van der Waals surface area (Å²) in [5, 5.41) is 19.2. The van der Waals surface area contributed by atoms with Gasteiger partial charge in [-0.05, 0) is 32.4 Å². The summed E-state index contributed by atoms with van der Waals surface area (Å²) < 4.78 is 1.84. The number of pyridine rings is 1.